The van der Waals surface area contributed by atoms with Gasteiger partial charge in [0.1, 0.15) is 10.8 Å². The molecule has 2 rings (SSSR count). The van der Waals surface area contributed by atoms with Crippen LogP contribution in [0.25, 0.3) is 5.57 Å². The van der Waals surface area contributed by atoms with Crippen LogP contribution in [-0.4, -0.2) is 29.5 Å². The molecule has 0 fully saturated rings. The smallest absolute Gasteiger partial charge is 0.315 e. The fourth-order valence-electron chi connectivity index (χ4n) is 1.68. The first-order valence-corrected chi connectivity index (χ1v) is 6.09. The summed E-state index contributed by atoms with van der Waals surface area (Å²) in [6, 6.07) is 1.55. The molecule has 0 spiro atoms. The van der Waals surface area contributed by atoms with E-state index >= 15 is 0 Å². The average molecular weight is 267 g/mol. The van der Waals surface area contributed by atoms with Crippen LogP contribution in [0, 0.1) is 12.8 Å². The molecule has 0 amide bonds. The topological polar surface area (TPSA) is 97.5 Å². The number of aliphatic carboxylic acids is 1. The van der Waals surface area contributed by atoms with Gasteiger partial charge in [-0.3, -0.25) is 4.79 Å². The molecule has 94 valence electrons. The van der Waals surface area contributed by atoms with Gasteiger partial charge < -0.3 is 9.63 Å². The molecule has 7 heteroatoms. The lowest BCUT2D eigenvalue weighted by molar-refractivity contribution is -0.137. The summed E-state index contributed by atoms with van der Waals surface area (Å²) in [5, 5.41) is 12.7. The molecular weight excluding hydrogens is 258 g/mol. The summed E-state index contributed by atoms with van der Waals surface area (Å²) in [4.78, 5) is 10.8. The lowest BCUT2D eigenvalue weighted by atomic mass is 9.92. The van der Waals surface area contributed by atoms with E-state index in [0.29, 0.717) is 5.69 Å². The number of allylic oxidation sites excluding steroid dienone is 3. The van der Waals surface area contributed by atoms with Crippen molar-refractivity contribution in [1.29, 1.82) is 0 Å². The van der Waals surface area contributed by atoms with E-state index in [1.54, 1.807) is 13.0 Å². The molecule has 1 aromatic heterocycles. The van der Waals surface area contributed by atoms with Crippen molar-refractivity contribution in [2.24, 2.45) is 5.92 Å². The highest BCUT2D eigenvalue weighted by molar-refractivity contribution is 7.74. The maximum atomic E-state index is 11.2. The summed E-state index contributed by atoms with van der Waals surface area (Å²) in [7, 11) is -2.65. The van der Waals surface area contributed by atoms with Gasteiger partial charge in [-0.1, -0.05) is 23.4 Å². The van der Waals surface area contributed by atoms with Crippen LogP contribution >= 0.6 is 0 Å². The van der Waals surface area contributed by atoms with Crippen molar-refractivity contribution in [1.82, 2.24) is 5.16 Å². The van der Waals surface area contributed by atoms with Crippen molar-refractivity contribution >= 4 is 26.7 Å². The summed E-state index contributed by atoms with van der Waals surface area (Å²) in [6.07, 6.45) is 4.28. The number of rotatable bonds is 2. The predicted molar refractivity (Wildman–Crippen MR) is 63.4 cm³/mol. The molecule has 1 heterocycles. The first-order valence-electron chi connectivity index (χ1n) is 5.02. The fourth-order valence-corrected chi connectivity index (χ4v) is 2.42. The van der Waals surface area contributed by atoms with E-state index in [2.05, 4.69) is 5.16 Å². The molecular formula is C11H9NO5S. The second kappa shape index (κ2) is 4.61. The lowest BCUT2D eigenvalue weighted by Crippen LogP contribution is -2.25. The predicted octanol–water partition coefficient (Wildman–Crippen LogP) is 0.689. The Balaban J connectivity index is 2.60. The zero-order valence-corrected chi connectivity index (χ0v) is 10.1. The first kappa shape index (κ1) is 12.3. The van der Waals surface area contributed by atoms with Gasteiger partial charge in [0.25, 0.3) is 0 Å². The van der Waals surface area contributed by atoms with Gasteiger partial charge in [-0.15, -0.1) is 0 Å². The minimum atomic E-state index is -2.65. The molecule has 1 aliphatic carbocycles. The van der Waals surface area contributed by atoms with Crippen LogP contribution in [0.5, 0.6) is 0 Å². The van der Waals surface area contributed by atoms with Crippen molar-refractivity contribution in [3.05, 3.63) is 35.7 Å². The van der Waals surface area contributed by atoms with E-state index < -0.39 is 22.2 Å². The molecule has 18 heavy (non-hydrogen) atoms. The molecule has 1 aliphatic rings. The minimum Gasteiger partial charge on any atom is -0.481 e. The summed E-state index contributed by atoms with van der Waals surface area (Å²) in [5.41, 5.74) is 0.808. The van der Waals surface area contributed by atoms with Crippen LogP contribution in [0.3, 0.4) is 0 Å². The van der Waals surface area contributed by atoms with Gasteiger partial charge in [0.05, 0.1) is 5.69 Å². The number of carbonyl (C=O) groups is 1. The standard InChI is InChI=1S/C11H9NO5S/c1-6-5-9(17-12-6)7-3-2-4-8(11(13)14)10(7)18(15)16/h2-5,8H,1H3,(H,13,14). The number of carboxylic acids is 1. The summed E-state index contributed by atoms with van der Waals surface area (Å²) in [5.74, 6) is -2.19. The van der Waals surface area contributed by atoms with Gasteiger partial charge in [0, 0.05) is 11.6 Å². The van der Waals surface area contributed by atoms with Crippen LogP contribution < -0.4 is 0 Å². The Labute approximate surface area is 104 Å². The van der Waals surface area contributed by atoms with E-state index in [0.717, 1.165) is 0 Å². The minimum absolute atomic E-state index is 0.221. The normalized spacial score (nSPS) is 18.6. The Kier molecular flexibility index (Phi) is 3.15. The number of hydrogen-bond donors (Lipinski definition) is 1. The second-order valence-corrected chi connectivity index (χ2v) is 4.62. The van der Waals surface area contributed by atoms with Crippen molar-refractivity contribution in [2.45, 2.75) is 6.92 Å². The Morgan fingerprint density at radius 1 is 1.50 bits per heavy atom. The third-order valence-electron chi connectivity index (χ3n) is 2.45. The van der Waals surface area contributed by atoms with Crippen molar-refractivity contribution in [3.8, 4) is 0 Å². The first-order chi connectivity index (χ1) is 8.50. The SMILES string of the molecule is Cc1cc(C2=CC=CC(C(=O)O)C2=S(=O)=O)on1. The van der Waals surface area contributed by atoms with E-state index in [1.165, 1.54) is 18.2 Å². The highest BCUT2D eigenvalue weighted by Gasteiger charge is 2.30. The van der Waals surface area contributed by atoms with Gasteiger partial charge in [0.15, 0.2) is 5.76 Å². The molecule has 0 radical (unpaired) electrons. The van der Waals surface area contributed by atoms with Crippen molar-refractivity contribution < 1.29 is 22.8 Å². The number of carboxylic acid groups (broad SMARTS) is 1. The number of nitrogens with zero attached hydrogens (tertiary/aromatic N) is 1. The maximum Gasteiger partial charge on any atom is 0.315 e. The third kappa shape index (κ3) is 2.12. The zero-order valence-electron chi connectivity index (χ0n) is 9.32. The molecule has 0 aromatic carbocycles. The lowest BCUT2D eigenvalue weighted by Gasteiger charge is -2.13. The maximum absolute atomic E-state index is 11.2. The Hall–Kier alpha value is -2.15. The number of aromatic nitrogens is 1. The monoisotopic (exact) mass is 267 g/mol. The number of hydrogen-bond acceptors (Lipinski definition) is 5. The van der Waals surface area contributed by atoms with Crippen LogP contribution in [-0.2, 0) is 15.1 Å². The van der Waals surface area contributed by atoms with Gasteiger partial charge in [0.2, 0.25) is 10.3 Å². The molecule has 1 aromatic rings. The average Bonchev–Trinajstić information content (AvgIpc) is 2.74. The molecule has 0 saturated carbocycles. The Morgan fingerprint density at radius 3 is 2.72 bits per heavy atom. The summed E-state index contributed by atoms with van der Waals surface area (Å²) < 4.78 is 27.4. The van der Waals surface area contributed by atoms with Crippen LogP contribution in [0.15, 0.2) is 28.8 Å². The van der Waals surface area contributed by atoms with E-state index in [4.69, 9.17) is 9.63 Å². The Morgan fingerprint density at radius 2 is 2.22 bits per heavy atom. The molecule has 1 atom stereocenters. The molecule has 1 unspecified atom stereocenters. The van der Waals surface area contributed by atoms with E-state index in [9.17, 15) is 13.2 Å². The van der Waals surface area contributed by atoms with Gasteiger partial charge in [-0.05, 0) is 6.92 Å². The van der Waals surface area contributed by atoms with Crippen LogP contribution in [0.4, 0.5) is 0 Å². The molecule has 6 nitrogen and oxygen atoms in total. The Bertz CT molecular complexity index is 685. The largest absolute Gasteiger partial charge is 0.481 e. The molecule has 0 bridgehead atoms. The van der Waals surface area contributed by atoms with Crippen LogP contribution in [0.1, 0.15) is 11.5 Å². The highest BCUT2D eigenvalue weighted by Crippen LogP contribution is 2.25. The van der Waals surface area contributed by atoms with E-state index in [-0.39, 0.29) is 16.2 Å². The third-order valence-corrected chi connectivity index (χ3v) is 3.29. The molecule has 1 N–H and O–H groups in total. The number of aryl methyl sites for hydroxylation is 1. The molecule has 0 saturated heterocycles. The molecule has 0 aliphatic heterocycles. The zero-order chi connectivity index (χ0) is 13.3. The summed E-state index contributed by atoms with van der Waals surface area (Å²) >= 11 is 0. The van der Waals surface area contributed by atoms with Gasteiger partial charge >= 0.3 is 5.97 Å². The van der Waals surface area contributed by atoms with Crippen LogP contribution in [0.2, 0.25) is 0 Å². The quantitative estimate of drug-likeness (QED) is 0.792. The fraction of sp³-hybridized carbons (Fsp3) is 0.182. The second-order valence-electron chi connectivity index (χ2n) is 3.71. The highest BCUT2D eigenvalue weighted by atomic mass is 32.2. The van der Waals surface area contributed by atoms with Gasteiger partial charge in [-0.2, -0.15) is 8.42 Å². The summed E-state index contributed by atoms with van der Waals surface area (Å²) in [6.45, 7) is 1.69. The van der Waals surface area contributed by atoms with Gasteiger partial charge in [-0.25, -0.2) is 0 Å². The van der Waals surface area contributed by atoms with E-state index in [1.807, 2.05) is 0 Å². The van der Waals surface area contributed by atoms with Crippen molar-refractivity contribution in [2.75, 3.05) is 0 Å². The van der Waals surface area contributed by atoms with Crippen molar-refractivity contribution in [3.63, 3.8) is 0 Å².